The number of esters is 1. The van der Waals surface area contributed by atoms with Crippen molar-refractivity contribution in [3.8, 4) is 0 Å². The molecule has 2 rings (SSSR count). The maximum atomic E-state index is 12.1. The summed E-state index contributed by atoms with van der Waals surface area (Å²) < 4.78 is 12.0. The third-order valence-corrected chi connectivity index (χ3v) is 4.63. The highest BCUT2D eigenvalue weighted by Crippen LogP contribution is 2.54. The van der Waals surface area contributed by atoms with E-state index in [0.29, 0.717) is 6.61 Å². The van der Waals surface area contributed by atoms with Gasteiger partial charge in [-0.25, -0.2) is 0 Å². The smallest absolute Gasteiger partial charge is 0.319 e. The van der Waals surface area contributed by atoms with Crippen molar-refractivity contribution >= 4 is 37.8 Å². The molecular formula is C11H14Br2O3. The Hall–Kier alpha value is -0.0300. The van der Waals surface area contributed by atoms with E-state index in [1.54, 1.807) is 0 Å². The van der Waals surface area contributed by atoms with E-state index in [-0.39, 0.29) is 12.1 Å². The fraction of sp³-hybridized carbons (Fsp3) is 0.727. The highest BCUT2D eigenvalue weighted by molar-refractivity contribution is 9.11. The molecule has 2 unspecified atom stereocenters. The molecule has 2 aliphatic rings. The van der Waals surface area contributed by atoms with Gasteiger partial charge < -0.3 is 9.47 Å². The molecule has 2 atom stereocenters. The summed E-state index contributed by atoms with van der Waals surface area (Å²) in [4.78, 5) is 12.1. The predicted molar refractivity (Wildman–Crippen MR) is 67.5 cm³/mol. The van der Waals surface area contributed by atoms with E-state index in [1.165, 1.54) is 0 Å². The zero-order chi connectivity index (χ0) is 11.8. The van der Waals surface area contributed by atoms with Gasteiger partial charge in [-0.3, -0.25) is 4.79 Å². The van der Waals surface area contributed by atoms with Gasteiger partial charge in [0.15, 0.2) is 0 Å². The first kappa shape index (κ1) is 12.4. The SMILES string of the molecule is CCOC(=O)C12CCC(Br)=C1OC(CBr)C2. The van der Waals surface area contributed by atoms with Crippen molar-refractivity contribution in [3.05, 3.63) is 10.2 Å². The molecule has 0 N–H and O–H groups in total. The van der Waals surface area contributed by atoms with Crippen LogP contribution in [-0.2, 0) is 14.3 Å². The number of fused-ring (bicyclic) bond motifs is 1. The first-order valence-corrected chi connectivity index (χ1v) is 7.34. The number of carbonyl (C=O) groups is 1. The fourth-order valence-corrected chi connectivity index (χ4v) is 3.44. The van der Waals surface area contributed by atoms with Crippen LogP contribution in [0.2, 0.25) is 0 Å². The molecule has 0 aromatic carbocycles. The molecular weight excluding hydrogens is 340 g/mol. The predicted octanol–water partition coefficient (Wildman–Crippen LogP) is 3.12. The second-order valence-electron chi connectivity index (χ2n) is 4.13. The summed E-state index contributed by atoms with van der Waals surface area (Å²) in [5.41, 5.74) is -0.521. The van der Waals surface area contributed by atoms with Crippen LogP contribution in [0.3, 0.4) is 0 Å². The average Bonchev–Trinajstić information content (AvgIpc) is 2.78. The number of ether oxygens (including phenoxy) is 2. The van der Waals surface area contributed by atoms with Gasteiger partial charge in [0.25, 0.3) is 0 Å². The molecule has 1 heterocycles. The molecule has 1 saturated heterocycles. The number of hydrogen-bond acceptors (Lipinski definition) is 3. The molecule has 0 saturated carbocycles. The van der Waals surface area contributed by atoms with Crippen LogP contribution in [0.5, 0.6) is 0 Å². The van der Waals surface area contributed by atoms with Crippen LogP contribution < -0.4 is 0 Å². The Kier molecular flexibility index (Phi) is 3.64. The van der Waals surface area contributed by atoms with Crippen molar-refractivity contribution in [1.82, 2.24) is 0 Å². The van der Waals surface area contributed by atoms with E-state index < -0.39 is 5.41 Å². The van der Waals surface area contributed by atoms with Crippen molar-refractivity contribution in [3.63, 3.8) is 0 Å². The molecule has 16 heavy (non-hydrogen) atoms. The summed E-state index contributed by atoms with van der Waals surface area (Å²) >= 11 is 6.89. The van der Waals surface area contributed by atoms with Crippen molar-refractivity contribution < 1.29 is 14.3 Å². The third-order valence-electron chi connectivity index (χ3n) is 3.15. The normalized spacial score (nSPS) is 32.6. The van der Waals surface area contributed by atoms with Crippen molar-refractivity contribution in [2.24, 2.45) is 5.41 Å². The largest absolute Gasteiger partial charge is 0.492 e. The van der Waals surface area contributed by atoms with Gasteiger partial charge in [-0.05, 0) is 19.8 Å². The molecule has 1 aliphatic heterocycles. The number of rotatable bonds is 3. The van der Waals surface area contributed by atoms with Crippen LogP contribution in [0.25, 0.3) is 0 Å². The number of hydrogen-bond donors (Lipinski definition) is 0. The number of alkyl halides is 1. The molecule has 3 nitrogen and oxygen atoms in total. The van der Waals surface area contributed by atoms with E-state index in [9.17, 15) is 4.79 Å². The second kappa shape index (κ2) is 4.69. The Bertz CT molecular complexity index is 340. The van der Waals surface area contributed by atoms with E-state index in [2.05, 4.69) is 31.9 Å². The Morgan fingerprint density at radius 3 is 3.06 bits per heavy atom. The Morgan fingerprint density at radius 2 is 2.44 bits per heavy atom. The van der Waals surface area contributed by atoms with E-state index in [0.717, 1.165) is 34.8 Å². The number of allylic oxidation sites excluding steroid dienone is 1. The summed E-state index contributed by atoms with van der Waals surface area (Å²) in [5.74, 6) is 0.665. The van der Waals surface area contributed by atoms with Gasteiger partial charge in [0.2, 0.25) is 0 Å². The van der Waals surface area contributed by atoms with Crippen LogP contribution in [0.15, 0.2) is 10.2 Å². The number of carbonyl (C=O) groups excluding carboxylic acids is 1. The lowest BCUT2D eigenvalue weighted by molar-refractivity contribution is -0.153. The molecule has 1 aliphatic carbocycles. The van der Waals surface area contributed by atoms with Gasteiger partial charge in [-0.15, -0.1) is 0 Å². The lowest BCUT2D eigenvalue weighted by Gasteiger charge is -2.21. The first-order chi connectivity index (χ1) is 7.64. The van der Waals surface area contributed by atoms with Gasteiger partial charge in [0, 0.05) is 16.2 Å². The summed E-state index contributed by atoms with van der Waals surface area (Å²) in [6.45, 7) is 2.25. The van der Waals surface area contributed by atoms with Crippen molar-refractivity contribution in [2.75, 3.05) is 11.9 Å². The topological polar surface area (TPSA) is 35.5 Å². The molecule has 0 spiro atoms. The van der Waals surface area contributed by atoms with Gasteiger partial charge in [0.05, 0.1) is 6.61 Å². The zero-order valence-electron chi connectivity index (χ0n) is 9.09. The molecule has 5 heteroatoms. The molecule has 1 fully saturated rings. The maximum Gasteiger partial charge on any atom is 0.319 e. The fourth-order valence-electron chi connectivity index (χ4n) is 2.41. The molecule has 0 amide bonds. The maximum absolute atomic E-state index is 12.1. The Labute approximate surface area is 112 Å². The van der Waals surface area contributed by atoms with E-state index in [1.807, 2.05) is 6.92 Å². The lowest BCUT2D eigenvalue weighted by atomic mass is 9.83. The monoisotopic (exact) mass is 352 g/mol. The Balaban J connectivity index is 2.28. The highest BCUT2D eigenvalue weighted by atomic mass is 79.9. The van der Waals surface area contributed by atoms with Crippen LogP contribution in [0.1, 0.15) is 26.2 Å². The van der Waals surface area contributed by atoms with Crippen molar-refractivity contribution in [2.45, 2.75) is 32.3 Å². The summed E-state index contributed by atoms with van der Waals surface area (Å²) in [6, 6.07) is 0. The van der Waals surface area contributed by atoms with Crippen LogP contribution >= 0.6 is 31.9 Å². The molecule has 90 valence electrons. The molecule has 0 bridgehead atoms. The van der Waals surface area contributed by atoms with Gasteiger partial charge in [-0.2, -0.15) is 0 Å². The van der Waals surface area contributed by atoms with Gasteiger partial charge in [-0.1, -0.05) is 31.9 Å². The Morgan fingerprint density at radius 1 is 1.69 bits per heavy atom. The lowest BCUT2D eigenvalue weighted by Crippen LogP contribution is -2.30. The summed E-state index contributed by atoms with van der Waals surface area (Å²) in [5, 5.41) is 0.748. The summed E-state index contributed by atoms with van der Waals surface area (Å²) in [6.07, 6.45) is 2.46. The molecule has 0 aromatic rings. The van der Waals surface area contributed by atoms with E-state index in [4.69, 9.17) is 9.47 Å². The third kappa shape index (κ3) is 1.82. The number of halogens is 2. The minimum atomic E-state index is -0.521. The first-order valence-electron chi connectivity index (χ1n) is 5.43. The minimum absolute atomic E-state index is 0.0762. The molecule has 0 radical (unpaired) electrons. The zero-order valence-corrected chi connectivity index (χ0v) is 12.3. The van der Waals surface area contributed by atoms with Gasteiger partial charge in [0.1, 0.15) is 17.3 Å². The van der Waals surface area contributed by atoms with E-state index >= 15 is 0 Å². The quantitative estimate of drug-likeness (QED) is 0.577. The molecule has 0 aromatic heterocycles. The highest BCUT2D eigenvalue weighted by Gasteiger charge is 2.55. The average molecular weight is 354 g/mol. The minimum Gasteiger partial charge on any atom is -0.492 e. The van der Waals surface area contributed by atoms with Crippen LogP contribution in [0, 0.1) is 5.41 Å². The standard InChI is InChI=1S/C11H14Br2O3/c1-2-15-10(14)11-4-3-8(13)9(11)16-7(5-11)6-12/h7H,2-6H2,1H3. The van der Waals surface area contributed by atoms with Crippen molar-refractivity contribution in [1.29, 1.82) is 0 Å². The van der Waals surface area contributed by atoms with Gasteiger partial charge >= 0.3 is 5.97 Å². The van der Waals surface area contributed by atoms with Crippen LogP contribution in [0.4, 0.5) is 0 Å². The second-order valence-corrected chi connectivity index (χ2v) is 5.74. The van der Waals surface area contributed by atoms with Crippen LogP contribution in [-0.4, -0.2) is 24.0 Å². The summed E-state index contributed by atoms with van der Waals surface area (Å²) in [7, 11) is 0.